The first kappa shape index (κ1) is 22.9. The third-order valence-corrected chi connectivity index (χ3v) is 7.04. The summed E-state index contributed by atoms with van der Waals surface area (Å²) in [6.45, 7) is 0.140. The largest absolute Gasteiger partial charge is 0.478 e. The number of hydrogen-bond acceptors (Lipinski definition) is 3. The molecule has 0 bridgehead atoms. The fourth-order valence-electron chi connectivity index (χ4n) is 5.28. The van der Waals surface area contributed by atoms with E-state index >= 15 is 0 Å². The predicted octanol–water partition coefficient (Wildman–Crippen LogP) is 5.33. The Hall–Kier alpha value is -3.87. The number of aromatic nitrogens is 3. The lowest BCUT2D eigenvalue weighted by molar-refractivity contribution is -0.129. The molecule has 0 saturated heterocycles. The summed E-state index contributed by atoms with van der Waals surface area (Å²) in [4.78, 5) is 26.4. The van der Waals surface area contributed by atoms with Gasteiger partial charge in [0, 0.05) is 37.4 Å². The third kappa shape index (κ3) is 4.34. The SMILES string of the molecule is CN(C)C(=O)Cn1c(-c2cccc(-n3cccn3)c2)c(C2CCCCC2)c2ccc(C(=O)O)cc21. The molecule has 0 spiro atoms. The average Bonchev–Trinajstić information content (AvgIpc) is 3.51. The highest BCUT2D eigenvalue weighted by Crippen LogP contribution is 2.44. The summed E-state index contributed by atoms with van der Waals surface area (Å²) in [6, 6.07) is 15.4. The first-order chi connectivity index (χ1) is 16.9. The first-order valence-electron chi connectivity index (χ1n) is 12.1. The van der Waals surface area contributed by atoms with Crippen LogP contribution in [0.15, 0.2) is 60.9 Å². The predicted molar refractivity (Wildman–Crippen MR) is 136 cm³/mol. The molecule has 7 heteroatoms. The minimum Gasteiger partial charge on any atom is -0.478 e. The van der Waals surface area contributed by atoms with Gasteiger partial charge in [-0.15, -0.1) is 0 Å². The number of fused-ring (bicyclic) bond motifs is 1. The number of carboxylic acid groups (broad SMARTS) is 1. The van der Waals surface area contributed by atoms with E-state index in [1.54, 1.807) is 37.3 Å². The Labute approximate surface area is 204 Å². The molecule has 2 heterocycles. The molecule has 5 rings (SSSR count). The van der Waals surface area contributed by atoms with Gasteiger partial charge < -0.3 is 14.6 Å². The quantitative estimate of drug-likeness (QED) is 0.413. The summed E-state index contributed by atoms with van der Waals surface area (Å²) in [7, 11) is 3.49. The number of carboxylic acids is 1. The van der Waals surface area contributed by atoms with Crippen molar-refractivity contribution in [3.63, 3.8) is 0 Å². The van der Waals surface area contributed by atoms with Gasteiger partial charge >= 0.3 is 5.97 Å². The smallest absolute Gasteiger partial charge is 0.335 e. The Bertz CT molecular complexity index is 1380. The van der Waals surface area contributed by atoms with E-state index < -0.39 is 5.97 Å². The van der Waals surface area contributed by atoms with Gasteiger partial charge in [-0.05, 0) is 54.7 Å². The Balaban J connectivity index is 1.80. The topological polar surface area (TPSA) is 80.4 Å². The number of nitrogens with zero attached hydrogens (tertiary/aromatic N) is 4. The zero-order valence-corrected chi connectivity index (χ0v) is 20.1. The molecule has 180 valence electrons. The molecule has 0 radical (unpaired) electrons. The maximum absolute atomic E-state index is 13.0. The van der Waals surface area contributed by atoms with Gasteiger partial charge in [0.25, 0.3) is 0 Å². The normalized spacial score (nSPS) is 14.3. The number of carbonyl (C=O) groups excluding carboxylic acids is 1. The van der Waals surface area contributed by atoms with Crippen molar-refractivity contribution in [2.24, 2.45) is 0 Å². The van der Waals surface area contributed by atoms with Crippen LogP contribution < -0.4 is 0 Å². The first-order valence-corrected chi connectivity index (χ1v) is 12.1. The van der Waals surface area contributed by atoms with Crippen molar-refractivity contribution in [3.05, 3.63) is 72.1 Å². The summed E-state index contributed by atoms with van der Waals surface area (Å²) >= 11 is 0. The number of hydrogen-bond donors (Lipinski definition) is 1. The highest BCUT2D eigenvalue weighted by molar-refractivity contribution is 5.99. The van der Waals surface area contributed by atoms with Gasteiger partial charge in [0.1, 0.15) is 6.54 Å². The molecular weight excluding hydrogens is 440 g/mol. The van der Waals surface area contributed by atoms with E-state index in [0.29, 0.717) is 5.92 Å². The Morgan fingerprint density at radius 3 is 2.54 bits per heavy atom. The van der Waals surface area contributed by atoms with Gasteiger partial charge in [0.15, 0.2) is 0 Å². The van der Waals surface area contributed by atoms with Crippen LogP contribution in [0.5, 0.6) is 0 Å². The second kappa shape index (κ2) is 9.41. The van der Waals surface area contributed by atoms with Crippen LogP contribution in [0.1, 0.15) is 53.9 Å². The zero-order chi connectivity index (χ0) is 24.5. The van der Waals surface area contributed by atoms with Gasteiger partial charge in [-0.25, -0.2) is 9.48 Å². The van der Waals surface area contributed by atoms with Crippen LogP contribution >= 0.6 is 0 Å². The molecule has 0 atom stereocenters. The number of aromatic carboxylic acids is 1. The monoisotopic (exact) mass is 470 g/mol. The molecule has 7 nitrogen and oxygen atoms in total. The molecule has 1 amide bonds. The molecule has 2 aromatic heterocycles. The molecule has 0 aliphatic heterocycles. The molecule has 1 aliphatic carbocycles. The van der Waals surface area contributed by atoms with E-state index in [-0.39, 0.29) is 18.0 Å². The van der Waals surface area contributed by atoms with Crippen LogP contribution in [-0.4, -0.2) is 50.3 Å². The van der Waals surface area contributed by atoms with Gasteiger partial charge in [-0.2, -0.15) is 5.10 Å². The second-order valence-corrected chi connectivity index (χ2v) is 9.51. The highest BCUT2D eigenvalue weighted by Gasteiger charge is 2.28. The van der Waals surface area contributed by atoms with E-state index in [1.165, 1.54) is 24.8 Å². The van der Waals surface area contributed by atoms with E-state index in [1.807, 2.05) is 39.7 Å². The van der Waals surface area contributed by atoms with Crippen LogP contribution in [0, 0.1) is 0 Å². The molecule has 1 aliphatic rings. The van der Waals surface area contributed by atoms with Crippen molar-refractivity contribution in [1.82, 2.24) is 19.2 Å². The van der Waals surface area contributed by atoms with Crippen LogP contribution in [0.2, 0.25) is 0 Å². The number of amides is 1. The summed E-state index contributed by atoms with van der Waals surface area (Å²) in [5.41, 5.74) is 5.17. The number of benzene rings is 2. The van der Waals surface area contributed by atoms with Crippen LogP contribution in [0.3, 0.4) is 0 Å². The van der Waals surface area contributed by atoms with Gasteiger partial charge in [0.2, 0.25) is 5.91 Å². The van der Waals surface area contributed by atoms with Crippen molar-refractivity contribution >= 4 is 22.8 Å². The lowest BCUT2D eigenvalue weighted by Gasteiger charge is -2.24. The molecule has 0 unspecified atom stereocenters. The summed E-state index contributed by atoms with van der Waals surface area (Å²) < 4.78 is 3.85. The molecule has 1 saturated carbocycles. The zero-order valence-electron chi connectivity index (χ0n) is 20.1. The molecule has 1 fully saturated rings. The maximum Gasteiger partial charge on any atom is 0.335 e. The van der Waals surface area contributed by atoms with Crippen molar-refractivity contribution in [2.75, 3.05) is 14.1 Å². The minimum atomic E-state index is -0.972. The lowest BCUT2D eigenvalue weighted by atomic mass is 9.81. The maximum atomic E-state index is 13.0. The fraction of sp³-hybridized carbons (Fsp3) is 0.321. The van der Waals surface area contributed by atoms with E-state index in [9.17, 15) is 14.7 Å². The fourth-order valence-corrected chi connectivity index (χ4v) is 5.28. The minimum absolute atomic E-state index is 0.0395. The lowest BCUT2D eigenvalue weighted by Crippen LogP contribution is -2.26. The van der Waals surface area contributed by atoms with Crippen molar-refractivity contribution < 1.29 is 14.7 Å². The average molecular weight is 471 g/mol. The number of carbonyl (C=O) groups is 2. The van der Waals surface area contributed by atoms with Crippen molar-refractivity contribution in [3.8, 4) is 16.9 Å². The standard InChI is InChI=1S/C28H30N4O3/c1-30(2)25(33)18-31-24-17-21(28(34)35)12-13-23(24)26(19-8-4-3-5-9-19)27(31)20-10-6-11-22(16-20)32-15-7-14-29-32/h6-7,10-17,19H,3-5,8-9,18H2,1-2H3,(H,34,35). The second-order valence-electron chi connectivity index (χ2n) is 9.51. The van der Waals surface area contributed by atoms with E-state index in [0.717, 1.165) is 40.7 Å². The molecule has 1 N–H and O–H groups in total. The Morgan fingerprint density at radius 2 is 1.86 bits per heavy atom. The van der Waals surface area contributed by atoms with Crippen molar-refractivity contribution in [1.29, 1.82) is 0 Å². The molecule has 4 aromatic rings. The number of rotatable bonds is 6. The van der Waals surface area contributed by atoms with Crippen molar-refractivity contribution in [2.45, 2.75) is 44.6 Å². The summed E-state index contributed by atoms with van der Waals surface area (Å²) in [5, 5.41) is 15.1. The summed E-state index contributed by atoms with van der Waals surface area (Å²) in [6.07, 6.45) is 9.43. The molecule has 35 heavy (non-hydrogen) atoms. The number of likely N-dealkylation sites (N-methyl/N-ethyl adjacent to an activating group) is 1. The van der Waals surface area contributed by atoms with Crippen LogP contribution in [0.25, 0.3) is 27.8 Å². The van der Waals surface area contributed by atoms with Gasteiger partial charge in [-0.3, -0.25) is 4.79 Å². The van der Waals surface area contributed by atoms with Crippen LogP contribution in [-0.2, 0) is 11.3 Å². The third-order valence-electron chi connectivity index (χ3n) is 7.04. The van der Waals surface area contributed by atoms with Gasteiger partial charge in [0.05, 0.1) is 22.5 Å². The van der Waals surface area contributed by atoms with Crippen LogP contribution in [0.4, 0.5) is 0 Å². The molecular formula is C28H30N4O3. The van der Waals surface area contributed by atoms with E-state index in [4.69, 9.17) is 0 Å². The van der Waals surface area contributed by atoms with Gasteiger partial charge in [-0.1, -0.05) is 37.5 Å². The highest BCUT2D eigenvalue weighted by atomic mass is 16.4. The molecule has 2 aromatic carbocycles. The van der Waals surface area contributed by atoms with E-state index in [2.05, 4.69) is 17.2 Å². The Morgan fingerprint density at radius 1 is 1.06 bits per heavy atom. The Kier molecular flexibility index (Phi) is 6.16. The summed E-state index contributed by atoms with van der Waals surface area (Å²) in [5.74, 6) is -0.650.